The lowest BCUT2D eigenvalue weighted by molar-refractivity contribution is 0.102. The molecule has 2 rings (SSSR count). The van der Waals surface area contributed by atoms with Crippen LogP contribution in [0.25, 0.3) is 0 Å². The smallest absolute Gasteiger partial charge is 0.256 e. The summed E-state index contributed by atoms with van der Waals surface area (Å²) in [4.78, 5) is 11.7. The number of nitrogen functional groups attached to an aromatic ring is 1. The van der Waals surface area contributed by atoms with Crippen LogP contribution < -0.4 is 11.1 Å². The van der Waals surface area contributed by atoms with Crippen LogP contribution in [0.5, 0.6) is 0 Å². The third-order valence-corrected chi connectivity index (χ3v) is 3.22. The number of benzene rings is 1. The van der Waals surface area contributed by atoms with Crippen LogP contribution in [-0.4, -0.2) is 5.91 Å². The van der Waals surface area contributed by atoms with Crippen molar-refractivity contribution < 1.29 is 4.79 Å². The zero-order valence-electron chi connectivity index (χ0n) is 8.24. The number of carbonyl (C=O) groups excluding carboxylic acids is 1. The monoisotopic (exact) mass is 296 g/mol. The van der Waals surface area contributed by atoms with Crippen molar-refractivity contribution >= 4 is 44.5 Å². The van der Waals surface area contributed by atoms with Gasteiger partial charge in [0.05, 0.1) is 16.9 Å². The molecule has 0 fully saturated rings. The Bertz CT molecular complexity index is 511. The number of carbonyl (C=O) groups is 1. The summed E-state index contributed by atoms with van der Waals surface area (Å²) in [6.07, 6.45) is 0. The van der Waals surface area contributed by atoms with Gasteiger partial charge in [0.15, 0.2) is 0 Å². The Morgan fingerprint density at radius 2 is 2.19 bits per heavy atom. The molecular formula is C11H9BrN2OS. The Morgan fingerprint density at radius 1 is 1.38 bits per heavy atom. The Balaban J connectivity index is 2.18. The second kappa shape index (κ2) is 4.67. The van der Waals surface area contributed by atoms with E-state index in [1.807, 2.05) is 11.4 Å². The molecule has 0 aliphatic carbocycles. The molecule has 0 atom stereocenters. The van der Waals surface area contributed by atoms with E-state index in [0.717, 1.165) is 4.47 Å². The minimum atomic E-state index is -0.143. The van der Waals surface area contributed by atoms with Crippen molar-refractivity contribution in [3.8, 4) is 0 Å². The maximum Gasteiger partial charge on any atom is 0.256 e. The zero-order chi connectivity index (χ0) is 11.5. The van der Waals surface area contributed by atoms with Crippen molar-refractivity contribution in [2.24, 2.45) is 0 Å². The molecule has 5 heteroatoms. The van der Waals surface area contributed by atoms with Crippen LogP contribution in [0, 0.1) is 0 Å². The number of rotatable bonds is 2. The highest BCUT2D eigenvalue weighted by Gasteiger charge is 2.08. The Morgan fingerprint density at radius 3 is 2.81 bits per heavy atom. The van der Waals surface area contributed by atoms with Crippen molar-refractivity contribution in [1.29, 1.82) is 0 Å². The SMILES string of the molecule is Nc1cc(Br)ccc1NC(=O)c1ccsc1. The minimum Gasteiger partial charge on any atom is -0.397 e. The van der Waals surface area contributed by atoms with E-state index in [1.165, 1.54) is 11.3 Å². The molecule has 16 heavy (non-hydrogen) atoms. The number of amides is 1. The quantitative estimate of drug-likeness (QED) is 0.835. The number of thiophene rings is 1. The number of hydrogen-bond donors (Lipinski definition) is 2. The summed E-state index contributed by atoms with van der Waals surface area (Å²) < 4.78 is 0.888. The van der Waals surface area contributed by atoms with Gasteiger partial charge in [-0.15, -0.1) is 0 Å². The van der Waals surface area contributed by atoms with Crippen molar-refractivity contribution in [1.82, 2.24) is 0 Å². The normalized spacial score (nSPS) is 10.1. The van der Waals surface area contributed by atoms with Gasteiger partial charge in [-0.2, -0.15) is 11.3 Å². The highest BCUT2D eigenvalue weighted by Crippen LogP contribution is 2.23. The van der Waals surface area contributed by atoms with E-state index in [0.29, 0.717) is 16.9 Å². The number of halogens is 1. The lowest BCUT2D eigenvalue weighted by Gasteiger charge is -2.07. The van der Waals surface area contributed by atoms with Crippen molar-refractivity contribution in [2.75, 3.05) is 11.1 Å². The van der Waals surface area contributed by atoms with E-state index in [2.05, 4.69) is 21.2 Å². The van der Waals surface area contributed by atoms with Gasteiger partial charge in [-0.1, -0.05) is 15.9 Å². The van der Waals surface area contributed by atoms with Gasteiger partial charge in [-0.05, 0) is 29.6 Å². The van der Waals surface area contributed by atoms with Gasteiger partial charge in [-0.3, -0.25) is 4.79 Å². The van der Waals surface area contributed by atoms with Crippen LogP contribution in [0.15, 0.2) is 39.5 Å². The van der Waals surface area contributed by atoms with Crippen LogP contribution in [-0.2, 0) is 0 Å². The van der Waals surface area contributed by atoms with Crippen molar-refractivity contribution in [3.05, 3.63) is 45.1 Å². The van der Waals surface area contributed by atoms with Crippen LogP contribution in [0.1, 0.15) is 10.4 Å². The summed E-state index contributed by atoms with van der Waals surface area (Å²) in [6, 6.07) is 7.13. The molecule has 0 saturated heterocycles. The lowest BCUT2D eigenvalue weighted by Crippen LogP contribution is -2.12. The number of hydrogen-bond acceptors (Lipinski definition) is 3. The number of nitrogens with one attached hydrogen (secondary N) is 1. The predicted molar refractivity (Wildman–Crippen MR) is 70.8 cm³/mol. The number of anilines is 2. The lowest BCUT2D eigenvalue weighted by atomic mass is 10.2. The summed E-state index contributed by atoms with van der Waals surface area (Å²) in [5, 5.41) is 6.42. The fraction of sp³-hybridized carbons (Fsp3) is 0. The summed E-state index contributed by atoms with van der Waals surface area (Å²) in [5.74, 6) is -0.143. The Hall–Kier alpha value is -1.33. The molecular weight excluding hydrogens is 288 g/mol. The summed E-state index contributed by atoms with van der Waals surface area (Å²) >= 11 is 4.80. The van der Waals surface area contributed by atoms with E-state index < -0.39 is 0 Å². The molecule has 0 bridgehead atoms. The molecule has 82 valence electrons. The molecule has 1 heterocycles. The second-order valence-electron chi connectivity index (χ2n) is 3.20. The maximum absolute atomic E-state index is 11.7. The first kappa shape index (κ1) is 11.2. The van der Waals surface area contributed by atoms with E-state index in [9.17, 15) is 4.79 Å². The average molecular weight is 297 g/mol. The Kier molecular flexibility index (Phi) is 3.26. The van der Waals surface area contributed by atoms with Gasteiger partial charge in [0, 0.05) is 9.85 Å². The Labute approximate surface area is 105 Å². The fourth-order valence-electron chi connectivity index (χ4n) is 1.24. The van der Waals surface area contributed by atoms with E-state index in [4.69, 9.17) is 5.73 Å². The van der Waals surface area contributed by atoms with E-state index in [-0.39, 0.29) is 5.91 Å². The molecule has 0 aliphatic rings. The summed E-state index contributed by atoms with van der Waals surface area (Å²) in [5.41, 5.74) is 7.59. The maximum atomic E-state index is 11.7. The molecule has 0 saturated carbocycles. The third-order valence-electron chi connectivity index (χ3n) is 2.05. The summed E-state index contributed by atoms with van der Waals surface area (Å²) in [7, 11) is 0. The first-order chi connectivity index (χ1) is 7.66. The molecule has 3 N–H and O–H groups in total. The van der Waals surface area contributed by atoms with Gasteiger partial charge >= 0.3 is 0 Å². The number of nitrogens with two attached hydrogens (primary N) is 1. The minimum absolute atomic E-state index is 0.143. The first-order valence-corrected chi connectivity index (χ1v) is 6.29. The highest BCUT2D eigenvalue weighted by atomic mass is 79.9. The summed E-state index contributed by atoms with van der Waals surface area (Å²) in [6.45, 7) is 0. The molecule has 0 aliphatic heterocycles. The molecule has 1 aromatic carbocycles. The molecule has 3 nitrogen and oxygen atoms in total. The third kappa shape index (κ3) is 2.43. The largest absolute Gasteiger partial charge is 0.397 e. The highest BCUT2D eigenvalue weighted by molar-refractivity contribution is 9.10. The van der Waals surface area contributed by atoms with Gasteiger partial charge in [0.1, 0.15) is 0 Å². The molecule has 0 spiro atoms. The fourth-order valence-corrected chi connectivity index (χ4v) is 2.25. The van der Waals surface area contributed by atoms with Gasteiger partial charge < -0.3 is 11.1 Å². The van der Waals surface area contributed by atoms with Crippen molar-refractivity contribution in [2.45, 2.75) is 0 Å². The van der Waals surface area contributed by atoms with E-state index in [1.54, 1.807) is 23.6 Å². The second-order valence-corrected chi connectivity index (χ2v) is 4.89. The van der Waals surface area contributed by atoms with Gasteiger partial charge in [-0.25, -0.2) is 0 Å². The van der Waals surface area contributed by atoms with E-state index >= 15 is 0 Å². The van der Waals surface area contributed by atoms with Gasteiger partial charge in [0.2, 0.25) is 0 Å². The standard InChI is InChI=1S/C11H9BrN2OS/c12-8-1-2-10(9(13)5-8)14-11(15)7-3-4-16-6-7/h1-6H,13H2,(H,14,15). The van der Waals surface area contributed by atoms with Crippen LogP contribution in [0.2, 0.25) is 0 Å². The molecule has 1 aromatic heterocycles. The first-order valence-electron chi connectivity index (χ1n) is 4.55. The zero-order valence-corrected chi connectivity index (χ0v) is 10.6. The van der Waals surface area contributed by atoms with Gasteiger partial charge in [0.25, 0.3) is 5.91 Å². The van der Waals surface area contributed by atoms with Crippen LogP contribution in [0.3, 0.4) is 0 Å². The van der Waals surface area contributed by atoms with Crippen LogP contribution in [0.4, 0.5) is 11.4 Å². The van der Waals surface area contributed by atoms with Crippen molar-refractivity contribution in [3.63, 3.8) is 0 Å². The van der Waals surface area contributed by atoms with Crippen LogP contribution >= 0.6 is 27.3 Å². The molecule has 2 aromatic rings. The topological polar surface area (TPSA) is 55.1 Å². The molecule has 0 radical (unpaired) electrons. The predicted octanol–water partition coefficient (Wildman–Crippen LogP) is 3.35. The molecule has 0 unspecified atom stereocenters. The average Bonchev–Trinajstić information content (AvgIpc) is 2.75. The molecule has 1 amide bonds.